The smallest absolute Gasteiger partial charge is 0.339 e. The second kappa shape index (κ2) is 9.18. The highest BCUT2D eigenvalue weighted by Gasteiger charge is 2.22. The fourth-order valence-electron chi connectivity index (χ4n) is 3.56. The van der Waals surface area contributed by atoms with Gasteiger partial charge in [0.1, 0.15) is 5.02 Å². The Kier molecular flexibility index (Phi) is 6.15. The summed E-state index contributed by atoms with van der Waals surface area (Å²) in [6, 6.07) is 20.3. The molecule has 1 aromatic heterocycles. The van der Waals surface area contributed by atoms with Crippen molar-refractivity contribution < 1.29 is 19.2 Å². The van der Waals surface area contributed by atoms with Gasteiger partial charge >= 0.3 is 5.97 Å². The minimum absolute atomic E-state index is 0.0279. The molecule has 1 heterocycles. The number of nitro groups is 1. The fraction of sp³-hybridized carbons (Fsp3) is 0.0800. The van der Waals surface area contributed by atoms with Crippen molar-refractivity contribution in [2.24, 2.45) is 0 Å². The topological polar surface area (TPSA) is 99.4 Å². The monoisotopic (exact) mass is 460 g/mol. The summed E-state index contributed by atoms with van der Waals surface area (Å²) in [5.41, 5.74) is 2.68. The van der Waals surface area contributed by atoms with E-state index in [-0.39, 0.29) is 10.6 Å². The number of carbonyl (C=O) groups excluding carboxylic acids is 2. The van der Waals surface area contributed by atoms with Gasteiger partial charge in [0.15, 0.2) is 6.61 Å². The molecule has 0 bridgehead atoms. The van der Waals surface area contributed by atoms with Gasteiger partial charge in [0.05, 0.1) is 21.7 Å². The maximum Gasteiger partial charge on any atom is 0.339 e. The Labute approximate surface area is 193 Å². The van der Waals surface area contributed by atoms with Crippen LogP contribution in [0.25, 0.3) is 22.2 Å². The van der Waals surface area contributed by atoms with E-state index < -0.39 is 29.0 Å². The Balaban J connectivity index is 1.66. The maximum atomic E-state index is 13.1. The van der Waals surface area contributed by atoms with Crippen molar-refractivity contribution in [3.63, 3.8) is 0 Å². The van der Waals surface area contributed by atoms with Crippen molar-refractivity contribution in [1.82, 2.24) is 4.98 Å². The van der Waals surface area contributed by atoms with Crippen LogP contribution in [0.15, 0.2) is 72.8 Å². The van der Waals surface area contributed by atoms with Crippen LogP contribution in [-0.4, -0.2) is 28.3 Å². The molecule has 3 aromatic carbocycles. The van der Waals surface area contributed by atoms with E-state index in [9.17, 15) is 19.7 Å². The number of ether oxygens (including phenoxy) is 1. The number of hydrogen-bond donors (Lipinski definition) is 0. The van der Waals surface area contributed by atoms with Crippen molar-refractivity contribution >= 4 is 39.9 Å². The quantitative estimate of drug-likeness (QED) is 0.156. The molecule has 0 aliphatic heterocycles. The highest BCUT2D eigenvalue weighted by molar-refractivity contribution is 6.32. The Hall–Kier alpha value is -4.10. The van der Waals surface area contributed by atoms with Crippen molar-refractivity contribution in [2.45, 2.75) is 6.92 Å². The summed E-state index contributed by atoms with van der Waals surface area (Å²) < 4.78 is 5.34. The van der Waals surface area contributed by atoms with E-state index in [1.165, 1.54) is 12.1 Å². The molecule has 0 saturated carbocycles. The minimum atomic E-state index is -0.680. The summed E-state index contributed by atoms with van der Waals surface area (Å²) in [4.78, 5) is 40.8. The van der Waals surface area contributed by atoms with E-state index in [0.717, 1.165) is 11.6 Å². The molecule has 7 nitrogen and oxygen atoms in total. The lowest BCUT2D eigenvalue weighted by Crippen LogP contribution is -2.16. The molecule has 0 radical (unpaired) electrons. The predicted octanol–water partition coefficient (Wildman–Crippen LogP) is 5.81. The van der Waals surface area contributed by atoms with Crippen LogP contribution in [0.5, 0.6) is 0 Å². The van der Waals surface area contributed by atoms with Gasteiger partial charge in [-0.3, -0.25) is 14.9 Å². The number of pyridine rings is 1. The zero-order valence-corrected chi connectivity index (χ0v) is 18.2. The van der Waals surface area contributed by atoms with Crippen LogP contribution in [0.3, 0.4) is 0 Å². The van der Waals surface area contributed by atoms with Crippen molar-refractivity contribution in [1.29, 1.82) is 0 Å². The minimum Gasteiger partial charge on any atom is -0.454 e. The third-order valence-electron chi connectivity index (χ3n) is 5.19. The SMILES string of the molecule is Cc1c(-c2ccccc2)nc2ccccc2c1C(=O)OCC(=O)c1ccc(Cl)c([N+](=O)[O-])c1. The van der Waals surface area contributed by atoms with Gasteiger partial charge in [0.2, 0.25) is 5.78 Å². The second-order valence-corrected chi connectivity index (χ2v) is 7.67. The Morgan fingerprint density at radius 3 is 2.45 bits per heavy atom. The number of para-hydroxylation sites is 1. The summed E-state index contributed by atoms with van der Waals surface area (Å²) in [5, 5.41) is 11.6. The summed E-state index contributed by atoms with van der Waals surface area (Å²) in [5.74, 6) is -1.26. The highest BCUT2D eigenvalue weighted by Crippen LogP contribution is 2.30. The normalized spacial score (nSPS) is 10.7. The number of aromatic nitrogens is 1. The molecule has 4 rings (SSSR count). The average molecular weight is 461 g/mol. The number of rotatable bonds is 6. The third-order valence-corrected chi connectivity index (χ3v) is 5.51. The van der Waals surface area contributed by atoms with Gasteiger partial charge in [-0.2, -0.15) is 0 Å². The molecule has 0 amide bonds. The molecular formula is C25H17ClN2O5. The van der Waals surface area contributed by atoms with Crippen molar-refractivity contribution in [2.75, 3.05) is 6.61 Å². The number of esters is 1. The molecule has 0 N–H and O–H groups in total. The first kappa shape index (κ1) is 22.1. The number of nitrogens with zero attached hydrogens (tertiary/aromatic N) is 2. The molecule has 0 spiro atoms. The van der Waals surface area contributed by atoms with Crippen LogP contribution in [0.1, 0.15) is 26.3 Å². The van der Waals surface area contributed by atoms with Crippen molar-refractivity contribution in [3.8, 4) is 11.3 Å². The summed E-state index contributed by atoms with van der Waals surface area (Å²) in [6.45, 7) is 1.21. The van der Waals surface area contributed by atoms with Crippen LogP contribution in [-0.2, 0) is 4.74 Å². The molecule has 0 unspecified atom stereocenters. The number of Topliss-reactive ketones (excluding diaryl/α,β-unsaturated/α-hetero) is 1. The van der Waals surface area contributed by atoms with E-state index in [1.807, 2.05) is 36.4 Å². The molecule has 8 heteroatoms. The lowest BCUT2D eigenvalue weighted by molar-refractivity contribution is -0.384. The second-order valence-electron chi connectivity index (χ2n) is 7.27. The Morgan fingerprint density at radius 1 is 1.03 bits per heavy atom. The van der Waals surface area contributed by atoms with Gasteiger partial charge in [-0.15, -0.1) is 0 Å². The lowest BCUT2D eigenvalue weighted by atomic mass is 9.98. The molecule has 33 heavy (non-hydrogen) atoms. The fourth-order valence-corrected chi connectivity index (χ4v) is 3.75. The van der Waals surface area contributed by atoms with Gasteiger partial charge in [0, 0.05) is 22.6 Å². The molecule has 0 aliphatic carbocycles. The Morgan fingerprint density at radius 2 is 1.73 bits per heavy atom. The molecule has 0 atom stereocenters. The van der Waals surface area contributed by atoms with Crippen LogP contribution in [0.2, 0.25) is 5.02 Å². The van der Waals surface area contributed by atoms with E-state index in [1.54, 1.807) is 25.1 Å². The third kappa shape index (κ3) is 4.44. The number of hydrogen-bond acceptors (Lipinski definition) is 6. The highest BCUT2D eigenvalue weighted by atomic mass is 35.5. The number of nitro benzene ring substituents is 1. The molecule has 164 valence electrons. The summed E-state index contributed by atoms with van der Waals surface area (Å²) >= 11 is 5.80. The standard InChI is InChI=1S/C25H17ClN2O5/c1-15-23(18-9-5-6-10-20(18)27-24(15)16-7-3-2-4-8-16)25(30)33-14-22(29)17-11-12-19(26)21(13-17)28(31)32/h2-13H,14H2,1H3. The lowest BCUT2D eigenvalue weighted by Gasteiger charge is -2.14. The summed E-state index contributed by atoms with van der Waals surface area (Å²) in [7, 11) is 0. The van der Waals surface area contributed by atoms with E-state index in [0.29, 0.717) is 27.7 Å². The zero-order chi connectivity index (χ0) is 23.5. The average Bonchev–Trinajstić information content (AvgIpc) is 2.82. The van der Waals surface area contributed by atoms with Crippen LogP contribution >= 0.6 is 11.6 Å². The molecular weight excluding hydrogens is 444 g/mol. The largest absolute Gasteiger partial charge is 0.454 e. The predicted molar refractivity (Wildman–Crippen MR) is 125 cm³/mol. The maximum absolute atomic E-state index is 13.1. The molecule has 4 aromatic rings. The van der Waals surface area contributed by atoms with E-state index in [4.69, 9.17) is 21.3 Å². The number of ketones is 1. The van der Waals surface area contributed by atoms with Crippen molar-refractivity contribution in [3.05, 3.63) is 105 Å². The number of carbonyl (C=O) groups is 2. The van der Waals surface area contributed by atoms with Crippen LogP contribution < -0.4 is 0 Å². The van der Waals surface area contributed by atoms with Crippen LogP contribution in [0.4, 0.5) is 5.69 Å². The first-order chi connectivity index (χ1) is 15.9. The molecule has 0 saturated heterocycles. The zero-order valence-electron chi connectivity index (χ0n) is 17.4. The first-order valence-electron chi connectivity index (χ1n) is 9.96. The molecule has 0 aliphatic rings. The molecule has 0 fully saturated rings. The van der Waals surface area contributed by atoms with Gasteiger partial charge in [0.25, 0.3) is 5.69 Å². The number of halogens is 1. The van der Waals surface area contributed by atoms with Gasteiger partial charge in [-0.25, -0.2) is 9.78 Å². The first-order valence-corrected chi connectivity index (χ1v) is 10.3. The van der Waals surface area contributed by atoms with Gasteiger partial charge in [-0.05, 0) is 30.7 Å². The van der Waals surface area contributed by atoms with Crippen LogP contribution in [0, 0.1) is 17.0 Å². The number of benzene rings is 3. The van der Waals surface area contributed by atoms with E-state index >= 15 is 0 Å². The van der Waals surface area contributed by atoms with E-state index in [2.05, 4.69) is 0 Å². The summed E-state index contributed by atoms with van der Waals surface area (Å²) in [6.07, 6.45) is 0. The van der Waals surface area contributed by atoms with Gasteiger partial charge < -0.3 is 4.74 Å². The number of fused-ring (bicyclic) bond motifs is 1. The van der Waals surface area contributed by atoms with Gasteiger partial charge in [-0.1, -0.05) is 60.1 Å². The Bertz CT molecular complexity index is 1400.